The molecule has 0 bridgehead atoms. The summed E-state index contributed by atoms with van der Waals surface area (Å²) in [6.07, 6.45) is 2.17. The first-order valence-electron chi connectivity index (χ1n) is 7.52. The van der Waals surface area contributed by atoms with Gasteiger partial charge in [-0.3, -0.25) is 0 Å². The molecule has 2 N–H and O–H groups in total. The fourth-order valence-corrected chi connectivity index (χ4v) is 2.71. The number of hydrogen-bond donors (Lipinski definition) is 1. The maximum absolute atomic E-state index is 5.92. The fraction of sp³-hybridized carbons (Fsp3) is 0.588. The molecule has 3 heteroatoms. The SMILES string of the molecule is CCC(C)(CC)n1c(C(C)(C)C)nc2cc(N)ccc21. The highest BCUT2D eigenvalue weighted by Gasteiger charge is 2.32. The van der Waals surface area contributed by atoms with Crippen LogP contribution in [0.1, 0.15) is 60.2 Å². The number of nitrogens with two attached hydrogens (primary N) is 1. The molecule has 0 amide bonds. The lowest BCUT2D eigenvalue weighted by Crippen LogP contribution is -2.33. The van der Waals surface area contributed by atoms with E-state index in [0.717, 1.165) is 29.9 Å². The van der Waals surface area contributed by atoms with Gasteiger partial charge in [-0.1, -0.05) is 34.6 Å². The number of rotatable bonds is 3. The number of anilines is 1. The van der Waals surface area contributed by atoms with E-state index in [-0.39, 0.29) is 11.0 Å². The summed E-state index contributed by atoms with van der Waals surface area (Å²) in [6, 6.07) is 6.06. The zero-order chi connectivity index (χ0) is 15.1. The van der Waals surface area contributed by atoms with Gasteiger partial charge in [0.15, 0.2) is 0 Å². The number of nitrogens with zero attached hydrogens (tertiary/aromatic N) is 2. The Bertz CT molecular complexity index is 613. The molecule has 20 heavy (non-hydrogen) atoms. The Hall–Kier alpha value is -1.51. The van der Waals surface area contributed by atoms with Gasteiger partial charge in [0.25, 0.3) is 0 Å². The Kier molecular flexibility index (Phi) is 3.57. The Morgan fingerprint density at radius 1 is 1.10 bits per heavy atom. The summed E-state index contributed by atoms with van der Waals surface area (Å²) < 4.78 is 2.43. The number of benzene rings is 1. The molecule has 0 aliphatic heterocycles. The van der Waals surface area contributed by atoms with Crippen molar-refractivity contribution in [2.24, 2.45) is 0 Å². The van der Waals surface area contributed by atoms with Crippen LogP contribution in [-0.4, -0.2) is 9.55 Å². The summed E-state index contributed by atoms with van der Waals surface area (Å²) in [5, 5.41) is 0. The van der Waals surface area contributed by atoms with Crippen molar-refractivity contribution in [2.45, 2.75) is 65.3 Å². The normalized spacial score (nSPS) is 13.1. The van der Waals surface area contributed by atoms with Crippen molar-refractivity contribution in [3.05, 3.63) is 24.0 Å². The van der Waals surface area contributed by atoms with Crippen LogP contribution in [0.4, 0.5) is 5.69 Å². The van der Waals surface area contributed by atoms with Gasteiger partial charge in [-0.15, -0.1) is 0 Å². The maximum Gasteiger partial charge on any atom is 0.115 e. The molecule has 0 aliphatic rings. The van der Waals surface area contributed by atoms with Gasteiger partial charge in [0.1, 0.15) is 5.82 Å². The summed E-state index contributed by atoms with van der Waals surface area (Å²) >= 11 is 0. The second-order valence-corrected chi connectivity index (χ2v) is 6.97. The number of nitrogen functional groups attached to an aromatic ring is 1. The smallest absolute Gasteiger partial charge is 0.115 e. The van der Waals surface area contributed by atoms with Gasteiger partial charge in [-0.2, -0.15) is 0 Å². The van der Waals surface area contributed by atoms with E-state index in [0.29, 0.717) is 0 Å². The zero-order valence-electron chi connectivity index (χ0n) is 13.6. The first kappa shape index (κ1) is 14.9. The van der Waals surface area contributed by atoms with Gasteiger partial charge in [-0.25, -0.2) is 4.98 Å². The molecule has 0 atom stereocenters. The third kappa shape index (κ3) is 2.30. The average molecular weight is 273 g/mol. The standard InChI is InChI=1S/C17H27N3/c1-7-17(6,8-2)20-14-10-9-12(18)11-13(14)19-15(20)16(3,4)5/h9-11H,7-8,18H2,1-6H3. The predicted octanol–water partition coefficient (Wildman–Crippen LogP) is 4.45. The van der Waals surface area contributed by atoms with Crippen LogP contribution in [0.25, 0.3) is 11.0 Å². The van der Waals surface area contributed by atoms with E-state index >= 15 is 0 Å². The van der Waals surface area contributed by atoms with Gasteiger partial charge >= 0.3 is 0 Å². The first-order chi connectivity index (χ1) is 9.23. The van der Waals surface area contributed by atoms with Crippen LogP contribution in [0.5, 0.6) is 0 Å². The third-order valence-electron chi connectivity index (χ3n) is 4.41. The van der Waals surface area contributed by atoms with Gasteiger partial charge in [0.2, 0.25) is 0 Å². The van der Waals surface area contributed by atoms with E-state index < -0.39 is 0 Å². The third-order valence-corrected chi connectivity index (χ3v) is 4.41. The lowest BCUT2D eigenvalue weighted by molar-refractivity contribution is 0.280. The molecular formula is C17H27N3. The van der Waals surface area contributed by atoms with Gasteiger partial charge in [-0.05, 0) is 38.0 Å². The molecule has 1 heterocycles. The molecule has 1 aromatic carbocycles. The van der Waals surface area contributed by atoms with E-state index in [1.807, 2.05) is 12.1 Å². The van der Waals surface area contributed by atoms with Crippen molar-refractivity contribution in [3.8, 4) is 0 Å². The highest BCUT2D eigenvalue weighted by Crippen LogP contribution is 2.36. The van der Waals surface area contributed by atoms with Crippen LogP contribution in [0.2, 0.25) is 0 Å². The van der Waals surface area contributed by atoms with E-state index in [1.54, 1.807) is 0 Å². The van der Waals surface area contributed by atoms with Crippen molar-refractivity contribution in [3.63, 3.8) is 0 Å². The van der Waals surface area contributed by atoms with Crippen molar-refractivity contribution < 1.29 is 0 Å². The minimum Gasteiger partial charge on any atom is -0.399 e. The highest BCUT2D eigenvalue weighted by molar-refractivity contribution is 5.80. The Balaban J connectivity index is 2.84. The second kappa shape index (κ2) is 4.80. The largest absolute Gasteiger partial charge is 0.399 e. The van der Waals surface area contributed by atoms with Gasteiger partial charge in [0.05, 0.1) is 11.0 Å². The summed E-state index contributed by atoms with van der Waals surface area (Å²) in [4.78, 5) is 4.89. The predicted molar refractivity (Wildman–Crippen MR) is 87.1 cm³/mol. The molecule has 2 rings (SSSR count). The Morgan fingerprint density at radius 3 is 2.20 bits per heavy atom. The summed E-state index contributed by atoms with van der Waals surface area (Å²) in [5.74, 6) is 1.14. The molecule has 0 aliphatic carbocycles. The van der Waals surface area contributed by atoms with Crippen molar-refractivity contribution >= 4 is 16.7 Å². The molecule has 0 fully saturated rings. The summed E-state index contributed by atoms with van der Waals surface area (Å²) in [6.45, 7) is 13.5. The quantitative estimate of drug-likeness (QED) is 0.839. The van der Waals surface area contributed by atoms with Crippen LogP contribution in [0.3, 0.4) is 0 Å². The van der Waals surface area contributed by atoms with Gasteiger partial charge in [0, 0.05) is 16.6 Å². The van der Waals surface area contributed by atoms with E-state index in [9.17, 15) is 0 Å². The molecule has 0 saturated carbocycles. The summed E-state index contributed by atoms with van der Waals surface area (Å²) in [7, 11) is 0. The second-order valence-electron chi connectivity index (χ2n) is 6.97. The Labute approximate surface area is 122 Å². The van der Waals surface area contributed by atoms with E-state index in [4.69, 9.17) is 10.7 Å². The van der Waals surface area contributed by atoms with E-state index in [2.05, 4.69) is 52.2 Å². The molecule has 0 radical (unpaired) electrons. The minimum absolute atomic E-state index is 0.0133. The van der Waals surface area contributed by atoms with Crippen LogP contribution >= 0.6 is 0 Å². The first-order valence-corrected chi connectivity index (χ1v) is 7.52. The van der Waals surface area contributed by atoms with Crippen LogP contribution in [0, 0.1) is 0 Å². The molecule has 0 spiro atoms. The van der Waals surface area contributed by atoms with E-state index in [1.165, 1.54) is 5.52 Å². The van der Waals surface area contributed by atoms with Crippen molar-refractivity contribution in [1.82, 2.24) is 9.55 Å². The number of aromatic nitrogens is 2. The number of hydrogen-bond acceptors (Lipinski definition) is 2. The molecule has 0 saturated heterocycles. The molecule has 110 valence electrons. The van der Waals surface area contributed by atoms with Crippen LogP contribution in [-0.2, 0) is 11.0 Å². The van der Waals surface area contributed by atoms with Crippen LogP contribution < -0.4 is 5.73 Å². The topological polar surface area (TPSA) is 43.8 Å². The monoisotopic (exact) mass is 273 g/mol. The lowest BCUT2D eigenvalue weighted by atomic mass is 9.90. The van der Waals surface area contributed by atoms with Crippen molar-refractivity contribution in [1.29, 1.82) is 0 Å². The zero-order valence-corrected chi connectivity index (χ0v) is 13.6. The molecular weight excluding hydrogens is 246 g/mol. The molecule has 0 unspecified atom stereocenters. The minimum atomic E-state index is 0.0133. The fourth-order valence-electron chi connectivity index (χ4n) is 2.71. The molecule has 3 nitrogen and oxygen atoms in total. The summed E-state index contributed by atoms with van der Waals surface area (Å²) in [5.41, 5.74) is 8.99. The average Bonchev–Trinajstić information content (AvgIpc) is 2.76. The maximum atomic E-state index is 5.92. The van der Waals surface area contributed by atoms with Crippen LogP contribution in [0.15, 0.2) is 18.2 Å². The highest BCUT2D eigenvalue weighted by atomic mass is 15.1. The number of imidazole rings is 1. The lowest BCUT2D eigenvalue weighted by Gasteiger charge is -2.34. The molecule has 2 aromatic rings. The van der Waals surface area contributed by atoms with Gasteiger partial charge < -0.3 is 10.3 Å². The Morgan fingerprint density at radius 2 is 1.70 bits per heavy atom. The number of fused-ring (bicyclic) bond motifs is 1. The molecule has 1 aromatic heterocycles. The van der Waals surface area contributed by atoms with Crippen molar-refractivity contribution in [2.75, 3.05) is 5.73 Å².